The lowest BCUT2D eigenvalue weighted by Crippen LogP contribution is -2.51. The Kier molecular flexibility index (Phi) is 6.15. The highest BCUT2D eigenvalue weighted by atomic mass is 19.1. The fourth-order valence-corrected chi connectivity index (χ4v) is 4.91. The lowest BCUT2D eigenvalue weighted by Gasteiger charge is -2.39. The van der Waals surface area contributed by atoms with Gasteiger partial charge in [-0.25, -0.2) is 13.8 Å². The summed E-state index contributed by atoms with van der Waals surface area (Å²) in [6, 6.07) is 5.19. The van der Waals surface area contributed by atoms with Gasteiger partial charge >= 0.3 is 0 Å². The molecule has 0 bridgehead atoms. The predicted molar refractivity (Wildman–Crippen MR) is 125 cm³/mol. The van der Waals surface area contributed by atoms with Crippen molar-refractivity contribution >= 4 is 11.8 Å². The molecule has 4 heterocycles. The van der Waals surface area contributed by atoms with E-state index in [1.54, 1.807) is 11.8 Å². The Morgan fingerprint density at radius 2 is 2.06 bits per heavy atom. The van der Waals surface area contributed by atoms with E-state index < -0.39 is 23.2 Å². The van der Waals surface area contributed by atoms with E-state index in [4.69, 9.17) is 4.74 Å². The molecule has 0 unspecified atom stereocenters. The molecule has 0 radical (unpaired) electrons. The maximum Gasteiger partial charge on any atom is 0.272 e. The maximum atomic E-state index is 14.3. The van der Waals surface area contributed by atoms with Crippen LogP contribution in [0.5, 0.6) is 5.88 Å². The van der Waals surface area contributed by atoms with Gasteiger partial charge in [-0.1, -0.05) is 0 Å². The van der Waals surface area contributed by atoms with E-state index in [1.165, 1.54) is 37.6 Å². The Balaban J connectivity index is 1.27. The van der Waals surface area contributed by atoms with Gasteiger partial charge in [0.25, 0.3) is 5.91 Å². The molecule has 0 aromatic carbocycles. The number of carbonyl (C=O) groups is 2. The van der Waals surface area contributed by atoms with E-state index >= 15 is 0 Å². The van der Waals surface area contributed by atoms with Crippen LogP contribution in [0.25, 0.3) is 11.3 Å². The molecule has 1 spiro atoms. The van der Waals surface area contributed by atoms with Crippen LogP contribution in [0.4, 0.5) is 8.78 Å². The maximum absolute atomic E-state index is 14.3. The number of amides is 2. The van der Waals surface area contributed by atoms with Crippen LogP contribution in [-0.2, 0) is 4.79 Å². The number of aromatic amines is 1. The highest BCUT2D eigenvalue weighted by molar-refractivity contribution is 5.94. The molecule has 2 N–H and O–H groups in total. The summed E-state index contributed by atoms with van der Waals surface area (Å²) in [4.78, 5) is 36.0. The normalized spacial score (nSPS) is 19.1. The number of carbonyl (C=O) groups excluding carboxylic acids is 2. The molecular weight excluding hydrogens is 470 g/mol. The van der Waals surface area contributed by atoms with Gasteiger partial charge in [0.05, 0.1) is 30.7 Å². The van der Waals surface area contributed by atoms with Crippen LogP contribution < -0.4 is 10.1 Å². The van der Waals surface area contributed by atoms with Crippen molar-refractivity contribution in [3.63, 3.8) is 0 Å². The summed E-state index contributed by atoms with van der Waals surface area (Å²) < 4.78 is 33.4. The molecule has 36 heavy (non-hydrogen) atoms. The van der Waals surface area contributed by atoms with Crippen molar-refractivity contribution in [3.05, 3.63) is 59.7 Å². The Morgan fingerprint density at radius 1 is 1.25 bits per heavy atom. The molecule has 2 aliphatic rings. The van der Waals surface area contributed by atoms with E-state index in [1.807, 2.05) is 0 Å². The number of nitrogens with one attached hydrogen (secondary N) is 2. The molecule has 1 aliphatic heterocycles. The van der Waals surface area contributed by atoms with Gasteiger partial charge in [-0.15, -0.1) is 0 Å². The van der Waals surface area contributed by atoms with Crippen LogP contribution >= 0.6 is 0 Å². The van der Waals surface area contributed by atoms with Gasteiger partial charge < -0.3 is 15.0 Å². The second-order valence-electron chi connectivity index (χ2n) is 9.34. The van der Waals surface area contributed by atoms with E-state index in [-0.39, 0.29) is 46.3 Å². The zero-order valence-electron chi connectivity index (χ0n) is 19.9. The van der Waals surface area contributed by atoms with Crippen molar-refractivity contribution in [2.45, 2.75) is 44.2 Å². The number of rotatable bonds is 6. The minimum atomic E-state index is -0.577. The first kappa shape index (κ1) is 23.8. The number of pyridine rings is 2. The topological polar surface area (TPSA) is 113 Å². The zero-order chi connectivity index (χ0) is 25.4. The first-order valence-electron chi connectivity index (χ1n) is 11.8. The third kappa shape index (κ3) is 4.40. The quantitative estimate of drug-likeness (QED) is 0.541. The molecule has 5 rings (SSSR count). The molecule has 9 nitrogen and oxygen atoms in total. The highest BCUT2D eigenvalue weighted by Gasteiger charge is 2.54. The van der Waals surface area contributed by atoms with Crippen molar-refractivity contribution < 1.29 is 23.1 Å². The van der Waals surface area contributed by atoms with E-state index in [9.17, 15) is 18.4 Å². The van der Waals surface area contributed by atoms with Crippen LogP contribution in [0.2, 0.25) is 0 Å². The van der Waals surface area contributed by atoms with Gasteiger partial charge in [0.1, 0.15) is 11.5 Å². The summed E-state index contributed by atoms with van der Waals surface area (Å²) in [7, 11) is 1.43. The van der Waals surface area contributed by atoms with Crippen molar-refractivity contribution in [3.8, 4) is 17.1 Å². The minimum absolute atomic E-state index is 0.170. The van der Waals surface area contributed by atoms with Gasteiger partial charge in [0.2, 0.25) is 11.8 Å². The van der Waals surface area contributed by atoms with Crippen molar-refractivity contribution in [2.24, 2.45) is 5.92 Å². The molecule has 2 atom stereocenters. The number of methoxy groups -OCH3 is 1. The van der Waals surface area contributed by atoms with E-state index in [0.717, 1.165) is 19.0 Å². The average molecular weight is 497 g/mol. The smallest absolute Gasteiger partial charge is 0.272 e. The predicted octanol–water partition coefficient (Wildman–Crippen LogP) is 3.42. The van der Waals surface area contributed by atoms with Gasteiger partial charge in [-0.05, 0) is 50.8 Å². The highest BCUT2D eigenvalue weighted by Crippen LogP contribution is 2.50. The van der Waals surface area contributed by atoms with Crippen LogP contribution in [0.1, 0.15) is 54.8 Å². The molecular formula is C25H26F2N6O3. The number of hydrogen-bond donors (Lipinski definition) is 2. The average Bonchev–Trinajstić information content (AvgIpc) is 3.45. The number of ether oxygens (including phenoxy) is 1. The third-order valence-corrected chi connectivity index (χ3v) is 7.02. The van der Waals surface area contributed by atoms with Gasteiger partial charge in [0, 0.05) is 35.8 Å². The molecule has 2 fully saturated rings. The van der Waals surface area contributed by atoms with Crippen molar-refractivity contribution in [1.29, 1.82) is 0 Å². The molecule has 1 aliphatic carbocycles. The summed E-state index contributed by atoms with van der Waals surface area (Å²) in [5.41, 5.74) is 0.484. The second-order valence-corrected chi connectivity index (χ2v) is 9.34. The number of aromatic nitrogens is 4. The van der Waals surface area contributed by atoms with Crippen LogP contribution in [0.3, 0.4) is 0 Å². The largest absolute Gasteiger partial charge is 0.481 e. The fraction of sp³-hybridized carbons (Fsp3) is 0.400. The summed E-state index contributed by atoms with van der Waals surface area (Å²) in [6.07, 6.45) is 5.13. The van der Waals surface area contributed by atoms with E-state index in [0.29, 0.717) is 19.4 Å². The van der Waals surface area contributed by atoms with Crippen molar-refractivity contribution in [1.82, 2.24) is 30.4 Å². The molecule has 188 valence electrons. The molecule has 2 amide bonds. The lowest BCUT2D eigenvalue weighted by atomic mass is 9.87. The fourth-order valence-electron chi connectivity index (χ4n) is 4.91. The van der Waals surface area contributed by atoms with Crippen LogP contribution in [0, 0.1) is 17.6 Å². The molecule has 3 aromatic heterocycles. The second kappa shape index (κ2) is 9.29. The van der Waals surface area contributed by atoms with Gasteiger partial charge in [-0.2, -0.15) is 5.10 Å². The standard InChI is InChI=1S/C25H26F2N6O3/c1-14(22-17(26)4-3-8-28-22)30-23(34)15-5-9-33(25(12-15)6-7-25)24(35)20-11-19(31-32-20)16-10-21(36-2)29-13-18(16)27/h3-4,8,10-11,13-15H,5-7,9,12H2,1-2H3,(H,30,34)(H,31,32)/t14-,15+/m1/s1. The third-order valence-electron chi connectivity index (χ3n) is 7.02. The van der Waals surface area contributed by atoms with Crippen LogP contribution in [-0.4, -0.2) is 56.1 Å². The monoisotopic (exact) mass is 496 g/mol. The van der Waals surface area contributed by atoms with Crippen molar-refractivity contribution in [2.75, 3.05) is 13.7 Å². The molecule has 1 saturated carbocycles. The lowest BCUT2D eigenvalue weighted by molar-refractivity contribution is -0.128. The number of likely N-dealkylation sites (tertiary alicyclic amines) is 1. The SMILES string of the molecule is COc1cc(-c2cc(C(=O)N3CC[C@H](C(=O)N[C@H](C)c4ncccc4F)CC34CC4)[nH]n2)c(F)cn1. The van der Waals surface area contributed by atoms with E-state index in [2.05, 4.69) is 25.5 Å². The first-order chi connectivity index (χ1) is 17.3. The summed E-state index contributed by atoms with van der Waals surface area (Å²) in [5.74, 6) is -1.51. The Hall–Kier alpha value is -3.89. The molecule has 1 saturated heterocycles. The summed E-state index contributed by atoms with van der Waals surface area (Å²) in [6.45, 7) is 2.10. The minimum Gasteiger partial charge on any atom is -0.481 e. The zero-order valence-corrected chi connectivity index (χ0v) is 19.9. The molecule has 3 aromatic rings. The van der Waals surface area contributed by atoms with Crippen LogP contribution in [0.15, 0.2) is 36.7 Å². The number of hydrogen-bond acceptors (Lipinski definition) is 6. The Morgan fingerprint density at radius 3 is 2.78 bits per heavy atom. The summed E-state index contributed by atoms with van der Waals surface area (Å²) in [5, 5.41) is 9.72. The number of piperidine rings is 1. The van der Waals surface area contributed by atoms with Gasteiger partial charge in [0.15, 0.2) is 5.82 Å². The Bertz CT molecular complexity index is 1310. The number of halogens is 2. The molecule has 11 heteroatoms. The summed E-state index contributed by atoms with van der Waals surface area (Å²) >= 11 is 0. The van der Waals surface area contributed by atoms with Gasteiger partial charge in [-0.3, -0.25) is 19.7 Å². The first-order valence-corrected chi connectivity index (χ1v) is 11.8. The number of H-pyrrole nitrogens is 1. The Labute approximate surface area is 206 Å². The number of nitrogens with zero attached hydrogens (tertiary/aromatic N) is 4.